The van der Waals surface area contributed by atoms with Crippen LogP contribution in [0.3, 0.4) is 0 Å². The van der Waals surface area contributed by atoms with E-state index in [4.69, 9.17) is 10.5 Å². The standard InChI is InChI=1S/C14H21N3O2/c1-14(2,3)19-13(18)17-8-4-5-12(17)11-7-6-10(15)9-16-11/h6-7,9,12H,4-5,8,15H2,1-3H3. The molecule has 0 bridgehead atoms. The SMILES string of the molecule is CC(C)(C)OC(=O)N1CCCC1c1ccc(N)cn1. The fourth-order valence-electron chi connectivity index (χ4n) is 2.23. The van der Waals surface area contributed by atoms with Gasteiger partial charge in [-0.15, -0.1) is 0 Å². The van der Waals surface area contributed by atoms with E-state index in [1.165, 1.54) is 0 Å². The monoisotopic (exact) mass is 263 g/mol. The maximum atomic E-state index is 12.2. The quantitative estimate of drug-likeness (QED) is 0.845. The molecule has 1 saturated heterocycles. The number of ether oxygens (including phenoxy) is 1. The van der Waals surface area contributed by atoms with Gasteiger partial charge < -0.3 is 10.5 Å². The van der Waals surface area contributed by atoms with E-state index in [1.54, 1.807) is 11.1 Å². The van der Waals surface area contributed by atoms with E-state index in [9.17, 15) is 4.79 Å². The number of hydrogen-bond donors (Lipinski definition) is 1. The normalized spacial score (nSPS) is 19.5. The third-order valence-electron chi connectivity index (χ3n) is 3.03. The Balaban J connectivity index is 2.12. The van der Waals surface area contributed by atoms with E-state index < -0.39 is 5.60 Å². The van der Waals surface area contributed by atoms with Crippen molar-refractivity contribution in [3.63, 3.8) is 0 Å². The summed E-state index contributed by atoms with van der Waals surface area (Å²) < 4.78 is 5.43. The van der Waals surface area contributed by atoms with Gasteiger partial charge in [0.05, 0.1) is 23.6 Å². The van der Waals surface area contributed by atoms with Crippen LogP contribution in [0.1, 0.15) is 45.3 Å². The molecule has 0 saturated carbocycles. The molecule has 2 rings (SSSR count). The van der Waals surface area contributed by atoms with E-state index in [0.29, 0.717) is 12.2 Å². The lowest BCUT2D eigenvalue weighted by atomic mass is 10.1. The van der Waals surface area contributed by atoms with Crippen LogP contribution in [0.4, 0.5) is 10.5 Å². The molecule has 19 heavy (non-hydrogen) atoms. The topological polar surface area (TPSA) is 68.5 Å². The van der Waals surface area contributed by atoms with Crippen molar-refractivity contribution < 1.29 is 9.53 Å². The number of nitrogen functional groups attached to an aromatic ring is 1. The molecule has 1 aliphatic heterocycles. The summed E-state index contributed by atoms with van der Waals surface area (Å²) in [7, 11) is 0. The molecule has 1 amide bonds. The Labute approximate surface area is 113 Å². The molecule has 0 radical (unpaired) electrons. The van der Waals surface area contributed by atoms with Gasteiger partial charge in [-0.3, -0.25) is 9.88 Å². The fraction of sp³-hybridized carbons (Fsp3) is 0.571. The second-order valence-electron chi connectivity index (χ2n) is 5.85. The molecule has 1 unspecified atom stereocenters. The number of amides is 1. The molecule has 0 aromatic carbocycles. The maximum Gasteiger partial charge on any atom is 0.410 e. The van der Waals surface area contributed by atoms with Crippen LogP contribution in [-0.2, 0) is 4.74 Å². The largest absolute Gasteiger partial charge is 0.444 e. The van der Waals surface area contributed by atoms with Crippen molar-refractivity contribution in [1.82, 2.24) is 9.88 Å². The number of hydrogen-bond acceptors (Lipinski definition) is 4. The molecule has 5 nitrogen and oxygen atoms in total. The molecule has 104 valence electrons. The molecule has 0 spiro atoms. The zero-order valence-electron chi connectivity index (χ0n) is 11.7. The van der Waals surface area contributed by atoms with Gasteiger partial charge in [-0.25, -0.2) is 4.79 Å². The molecule has 1 aliphatic rings. The number of carbonyl (C=O) groups excluding carboxylic acids is 1. The smallest absolute Gasteiger partial charge is 0.410 e. The van der Waals surface area contributed by atoms with Crippen LogP contribution in [0.2, 0.25) is 0 Å². The van der Waals surface area contributed by atoms with E-state index in [0.717, 1.165) is 18.5 Å². The lowest BCUT2D eigenvalue weighted by Crippen LogP contribution is -2.36. The van der Waals surface area contributed by atoms with Crippen LogP contribution >= 0.6 is 0 Å². The van der Waals surface area contributed by atoms with Crippen LogP contribution < -0.4 is 5.73 Å². The van der Waals surface area contributed by atoms with Crippen LogP contribution in [0, 0.1) is 0 Å². The number of likely N-dealkylation sites (tertiary alicyclic amines) is 1. The van der Waals surface area contributed by atoms with Crippen LogP contribution in [0.25, 0.3) is 0 Å². The molecule has 2 heterocycles. The van der Waals surface area contributed by atoms with Crippen molar-refractivity contribution in [2.24, 2.45) is 0 Å². The molecule has 0 aliphatic carbocycles. The van der Waals surface area contributed by atoms with Gasteiger partial charge in [-0.05, 0) is 45.7 Å². The molecular formula is C14H21N3O2. The molecule has 5 heteroatoms. The predicted molar refractivity (Wildman–Crippen MR) is 73.6 cm³/mol. The molecule has 1 fully saturated rings. The van der Waals surface area contributed by atoms with Gasteiger partial charge in [0, 0.05) is 6.54 Å². The second-order valence-corrected chi connectivity index (χ2v) is 5.85. The van der Waals surface area contributed by atoms with Gasteiger partial charge in [-0.2, -0.15) is 0 Å². The summed E-state index contributed by atoms with van der Waals surface area (Å²) >= 11 is 0. The number of nitrogens with zero attached hydrogens (tertiary/aromatic N) is 2. The maximum absolute atomic E-state index is 12.2. The number of carbonyl (C=O) groups is 1. The first-order chi connectivity index (χ1) is 8.87. The Morgan fingerprint density at radius 1 is 1.47 bits per heavy atom. The van der Waals surface area contributed by atoms with Crippen LogP contribution in [0.5, 0.6) is 0 Å². The van der Waals surface area contributed by atoms with Gasteiger partial charge >= 0.3 is 6.09 Å². The first kappa shape index (κ1) is 13.6. The zero-order chi connectivity index (χ0) is 14.0. The first-order valence-electron chi connectivity index (χ1n) is 6.58. The van der Waals surface area contributed by atoms with E-state index >= 15 is 0 Å². The van der Waals surface area contributed by atoms with Crippen LogP contribution in [0.15, 0.2) is 18.3 Å². The fourth-order valence-corrected chi connectivity index (χ4v) is 2.23. The third-order valence-corrected chi connectivity index (χ3v) is 3.03. The Hall–Kier alpha value is -1.78. The van der Waals surface area contributed by atoms with Gasteiger partial charge in [0.2, 0.25) is 0 Å². The minimum absolute atomic E-state index is 0.00421. The van der Waals surface area contributed by atoms with Crippen molar-refractivity contribution in [2.75, 3.05) is 12.3 Å². The Bertz CT molecular complexity index is 451. The van der Waals surface area contributed by atoms with Crippen LogP contribution in [-0.4, -0.2) is 28.1 Å². The average molecular weight is 263 g/mol. The lowest BCUT2D eigenvalue weighted by molar-refractivity contribution is 0.0221. The zero-order valence-corrected chi connectivity index (χ0v) is 11.7. The Morgan fingerprint density at radius 3 is 2.79 bits per heavy atom. The summed E-state index contributed by atoms with van der Waals surface area (Å²) in [4.78, 5) is 18.2. The summed E-state index contributed by atoms with van der Waals surface area (Å²) in [6.07, 6.45) is 3.24. The third kappa shape index (κ3) is 3.36. The molecule has 2 N–H and O–H groups in total. The molecule has 1 aromatic rings. The summed E-state index contributed by atoms with van der Waals surface area (Å²) in [6, 6.07) is 3.69. The van der Waals surface area contributed by atoms with Gasteiger partial charge in [0.1, 0.15) is 5.60 Å². The highest BCUT2D eigenvalue weighted by molar-refractivity contribution is 5.69. The number of rotatable bonds is 1. The average Bonchev–Trinajstić information content (AvgIpc) is 2.76. The molecule has 1 aromatic heterocycles. The Morgan fingerprint density at radius 2 is 2.21 bits per heavy atom. The number of aromatic nitrogens is 1. The number of pyridine rings is 1. The highest BCUT2D eigenvalue weighted by Gasteiger charge is 2.33. The van der Waals surface area contributed by atoms with Crippen molar-refractivity contribution in [2.45, 2.75) is 45.3 Å². The van der Waals surface area contributed by atoms with Gasteiger partial charge in [0.15, 0.2) is 0 Å². The summed E-state index contributed by atoms with van der Waals surface area (Å²) in [5.41, 5.74) is 6.66. The van der Waals surface area contributed by atoms with Gasteiger partial charge in [0.25, 0.3) is 0 Å². The summed E-state index contributed by atoms with van der Waals surface area (Å²) in [6.45, 7) is 6.33. The minimum atomic E-state index is -0.473. The molecular weight excluding hydrogens is 242 g/mol. The summed E-state index contributed by atoms with van der Waals surface area (Å²) in [5.74, 6) is 0. The van der Waals surface area contributed by atoms with Crippen molar-refractivity contribution >= 4 is 11.8 Å². The van der Waals surface area contributed by atoms with Crippen molar-refractivity contribution in [3.8, 4) is 0 Å². The Kier molecular flexibility index (Phi) is 3.64. The first-order valence-corrected chi connectivity index (χ1v) is 6.58. The van der Waals surface area contributed by atoms with E-state index in [-0.39, 0.29) is 12.1 Å². The molecule has 1 atom stereocenters. The van der Waals surface area contributed by atoms with Gasteiger partial charge in [-0.1, -0.05) is 0 Å². The summed E-state index contributed by atoms with van der Waals surface area (Å²) in [5, 5.41) is 0. The van der Waals surface area contributed by atoms with Crippen molar-refractivity contribution in [1.29, 1.82) is 0 Å². The van der Waals surface area contributed by atoms with Crippen molar-refractivity contribution in [3.05, 3.63) is 24.0 Å². The second kappa shape index (κ2) is 5.07. The minimum Gasteiger partial charge on any atom is -0.444 e. The highest BCUT2D eigenvalue weighted by Crippen LogP contribution is 2.32. The van der Waals surface area contributed by atoms with E-state index in [2.05, 4.69) is 4.98 Å². The predicted octanol–water partition coefficient (Wildman–Crippen LogP) is 2.74. The highest BCUT2D eigenvalue weighted by atomic mass is 16.6. The lowest BCUT2D eigenvalue weighted by Gasteiger charge is -2.28. The number of anilines is 1. The van der Waals surface area contributed by atoms with E-state index in [1.807, 2.05) is 32.9 Å². The number of nitrogens with two attached hydrogens (primary N) is 1.